The zero-order valence-corrected chi connectivity index (χ0v) is 31.1. The summed E-state index contributed by atoms with van der Waals surface area (Å²) in [6.07, 6.45) is 10.4. The molecule has 0 aliphatic carbocycles. The third-order valence-electron chi connectivity index (χ3n) is 10.5. The van der Waals surface area contributed by atoms with E-state index < -0.39 is 17.2 Å². The lowest BCUT2D eigenvalue weighted by Gasteiger charge is -2.42. The van der Waals surface area contributed by atoms with E-state index in [1.807, 2.05) is 32.6 Å². The van der Waals surface area contributed by atoms with E-state index in [0.717, 1.165) is 50.2 Å². The van der Waals surface area contributed by atoms with Crippen LogP contribution in [0.25, 0.3) is 32.8 Å². The third-order valence-corrected chi connectivity index (χ3v) is 10.5. The standard InChI is InChI=1S/C41H47F2N5O5/c1-7-30-33(42)13-10-26-19-29(52-24-50-6)20-31(36(26)30)38-37(43)35-25(2)34(9-8-14-46-15-17-51-18-16-46)45-39(32(35)21-44-38)47-22-27-11-12-28(23-47)48(27)40(49)53-41(3,4)5/h1,10,13,19-21,27-28H,8-9,11-12,14-18,22-24H2,2-6H3. The van der Waals surface area contributed by atoms with Gasteiger partial charge in [-0.25, -0.2) is 18.6 Å². The highest BCUT2D eigenvalue weighted by Gasteiger charge is 2.45. The van der Waals surface area contributed by atoms with Crippen LogP contribution in [0.5, 0.6) is 5.75 Å². The molecule has 1 amide bonds. The van der Waals surface area contributed by atoms with Crippen LogP contribution in [0.2, 0.25) is 0 Å². The van der Waals surface area contributed by atoms with Gasteiger partial charge in [-0.3, -0.25) is 14.8 Å². The molecule has 0 saturated carbocycles. The molecule has 53 heavy (non-hydrogen) atoms. The molecule has 2 unspecified atom stereocenters. The van der Waals surface area contributed by atoms with Crippen LogP contribution in [-0.4, -0.2) is 103 Å². The van der Waals surface area contributed by atoms with Crippen molar-refractivity contribution in [3.8, 4) is 29.4 Å². The van der Waals surface area contributed by atoms with Crippen LogP contribution in [0.3, 0.4) is 0 Å². The number of amides is 1. The number of pyridine rings is 2. The number of nitrogens with zero attached hydrogens (tertiary/aromatic N) is 5. The van der Waals surface area contributed by atoms with Gasteiger partial charge in [0, 0.05) is 66.9 Å². The van der Waals surface area contributed by atoms with E-state index in [9.17, 15) is 4.79 Å². The normalized spacial score (nSPS) is 19.2. The van der Waals surface area contributed by atoms with Gasteiger partial charge in [-0.2, -0.15) is 0 Å². The second-order valence-corrected chi connectivity index (χ2v) is 15.1. The first-order valence-electron chi connectivity index (χ1n) is 18.4. The second kappa shape index (κ2) is 15.0. The van der Waals surface area contributed by atoms with Crippen molar-refractivity contribution >= 4 is 33.5 Å². The molecule has 2 atom stereocenters. The Morgan fingerprint density at radius 1 is 1.09 bits per heavy atom. The lowest BCUT2D eigenvalue weighted by atomic mass is 9.94. The zero-order valence-electron chi connectivity index (χ0n) is 31.1. The number of carbonyl (C=O) groups excluding carboxylic acids is 1. The number of terminal acetylenes is 1. The molecule has 280 valence electrons. The molecule has 0 radical (unpaired) electrons. The average molecular weight is 728 g/mol. The molecule has 0 N–H and O–H groups in total. The molecule has 12 heteroatoms. The van der Waals surface area contributed by atoms with Gasteiger partial charge in [0.05, 0.1) is 30.9 Å². The molecular weight excluding hydrogens is 680 g/mol. The fraction of sp³-hybridized carbons (Fsp3) is 0.488. The minimum atomic E-state index is -0.604. The van der Waals surface area contributed by atoms with Gasteiger partial charge in [0.25, 0.3) is 0 Å². The molecule has 3 aliphatic heterocycles. The Morgan fingerprint density at radius 2 is 1.83 bits per heavy atom. The highest BCUT2D eigenvalue weighted by molar-refractivity contribution is 6.04. The maximum Gasteiger partial charge on any atom is 0.410 e. The van der Waals surface area contributed by atoms with Gasteiger partial charge < -0.3 is 23.8 Å². The summed E-state index contributed by atoms with van der Waals surface area (Å²) in [6, 6.07) is 6.12. The minimum absolute atomic E-state index is 0.0198. The van der Waals surface area contributed by atoms with Crippen molar-refractivity contribution in [1.29, 1.82) is 0 Å². The van der Waals surface area contributed by atoms with Gasteiger partial charge in [0.2, 0.25) is 0 Å². The summed E-state index contributed by atoms with van der Waals surface area (Å²) < 4.78 is 54.9. The summed E-state index contributed by atoms with van der Waals surface area (Å²) in [7, 11) is 1.51. The van der Waals surface area contributed by atoms with Crippen LogP contribution >= 0.6 is 0 Å². The van der Waals surface area contributed by atoms with Crippen LogP contribution in [0.4, 0.5) is 19.4 Å². The largest absolute Gasteiger partial charge is 0.468 e. The first kappa shape index (κ1) is 36.8. The maximum atomic E-state index is 17.5. The summed E-state index contributed by atoms with van der Waals surface area (Å²) in [4.78, 5) is 29.7. The SMILES string of the molecule is C#Cc1c(F)ccc2cc(OCOC)cc(-c3ncc4c(N5CC6CCC(C5)N6C(=O)OC(C)(C)C)nc(CCCN5CCOCC5)c(C)c4c3F)c12. The fourth-order valence-corrected chi connectivity index (χ4v) is 8.05. The van der Waals surface area contributed by atoms with Crippen molar-refractivity contribution in [3.05, 3.63) is 58.9 Å². The molecule has 4 aromatic rings. The van der Waals surface area contributed by atoms with Crippen LogP contribution in [0.1, 0.15) is 56.9 Å². The van der Waals surface area contributed by atoms with E-state index in [1.54, 1.807) is 24.4 Å². The highest BCUT2D eigenvalue weighted by atomic mass is 19.1. The minimum Gasteiger partial charge on any atom is -0.468 e. The number of aromatic nitrogens is 2. The number of hydrogen-bond donors (Lipinski definition) is 0. The van der Waals surface area contributed by atoms with Gasteiger partial charge in [-0.15, -0.1) is 6.42 Å². The van der Waals surface area contributed by atoms with Crippen molar-refractivity contribution in [1.82, 2.24) is 19.8 Å². The van der Waals surface area contributed by atoms with Crippen LogP contribution in [0.15, 0.2) is 30.5 Å². The van der Waals surface area contributed by atoms with E-state index in [2.05, 4.69) is 15.7 Å². The van der Waals surface area contributed by atoms with Crippen molar-refractivity contribution in [2.75, 3.05) is 64.7 Å². The Kier molecular flexibility index (Phi) is 10.4. The first-order valence-corrected chi connectivity index (χ1v) is 18.4. The van der Waals surface area contributed by atoms with Gasteiger partial charge in [-0.1, -0.05) is 12.0 Å². The Hall–Kier alpha value is -4.57. The quantitative estimate of drug-likeness (QED) is 0.136. The molecule has 3 saturated heterocycles. The van der Waals surface area contributed by atoms with Gasteiger partial charge >= 0.3 is 6.09 Å². The van der Waals surface area contributed by atoms with Crippen molar-refractivity contribution in [2.24, 2.45) is 0 Å². The molecule has 2 aromatic carbocycles. The molecule has 5 heterocycles. The summed E-state index contributed by atoms with van der Waals surface area (Å²) in [5.41, 5.74) is 1.29. The Balaban J connectivity index is 1.34. The molecule has 3 fully saturated rings. The number of anilines is 1. The number of hydrogen-bond acceptors (Lipinski definition) is 9. The number of halogens is 2. The number of benzene rings is 2. The number of methoxy groups -OCH3 is 1. The van der Waals surface area contributed by atoms with Crippen LogP contribution < -0.4 is 9.64 Å². The number of piperazine rings is 1. The number of carbonyl (C=O) groups is 1. The van der Waals surface area contributed by atoms with Gasteiger partial charge in [0.1, 0.15) is 28.7 Å². The monoisotopic (exact) mass is 727 g/mol. The number of rotatable bonds is 9. The highest BCUT2D eigenvalue weighted by Crippen LogP contribution is 2.42. The number of aryl methyl sites for hydroxylation is 2. The topological polar surface area (TPSA) is 89.5 Å². The van der Waals surface area contributed by atoms with E-state index in [0.29, 0.717) is 71.4 Å². The summed E-state index contributed by atoms with van der Waals surface area (Å²) in [5, 5.41) is 1.93. The molecule has 7 rings (SSSR count). The van der Waals surface area contributed by atoms with Crippen LogP contribution in [-0.2, 0) is 20.6 Å². The second-order valence-electron chi connectivity index (χ2n) is 15.1. The first-order chi connectivity index (χ1) is 25.5. The Morgan fingerprint density at radius 3 is 2.51 bits per heavy atom. The predicted octanol–water partition coefficient (Wildman–Crippen LogP) is 6.85. The lowest BCUT2D eigenvalue weighted by Crippen LogP contribution is -2.57. The summed E-state index contributed by atoms with van der Waals surface area (Å²) in [5.74, 6) is 2.38. The van der Waals surface area contributed by atoms with Crippen molar-refractivity contribution < 1.29 is 32.5 Å². The molecule has 3 aliphatic rings. The number of ether oxygens (including phenoxy) is 4. The maximum absolute atomic E-state index is 17.5. The van der Waals surface area contributed by atoms with Crippen LogP contribution in [0, 0.1) is 30.9 Å². The molecular formula is C41H47F2N5O5. The lowest BCUT2D eigenvalue weighted by molar-refractivity contribution is 0.0122. The molecule has 2 bridgehead atoms. The van der Waals surface area contributed by atoms with Crippen molar-refractivity contribution in [2.45, 2.75) is 71.1 Å². The summed E-state index contributed by atoms with van der Waals surface area (Å²) >= 11 is 0. The fourth-order valence-electron chi connectivity index (χ4n) is 8.05. The van der Waals surface area contributed by atoms with E-state index in [1.165, 1.54) is 13.2 Å². The van der Waals surface area contributed by atoms with E-state index in [-0.39, 0.29) is 36.2 Å². The zero-order chi connectivity index (χ0) is 37.4. The number of fused-ring (bicyclic) bond motifs is 4. The Bertz CT molecular complexity index is 2060. The predicted molar refractivity (Wildman–Crippen MR) is 200 cm³/mol. The molecule has 0 spiro atoms. The van der Waals surface area contributed by atoms with Crippen molar-refractivity contribution in [3.63, 3.8) is 0 Å². The average Bonchev–Trinajstić information content (AvgIpc) is 3.40. The Labute approximate surface area is 309 Å². The molecule has 10 nitrogen and oxygen atoms in total. The van der Waals surface area contributed by atoms with E-state index in [4.69, 9.17) is 35.3 Å². The summed E-state index contributed by atoms with van der Waals surface area (Å²) in [6.45, 7) is 12.6. The smallest absolute Gasteiger partial charge is 0.410 e. The molecule has 2 aromatic heterocycles. The van der Waals surface area contributed by atoms with Gasteiger partial charge in [0.15, 0.2) is 12.6 Å². The number of morpholine rings is 1. The van der Waals surface area contributed by atoms with Gasteiger partial charge in [-0.05, 0) is 89.1 Å². The van der Waals surface area contributed by atoms with E-state index >= 15 is 8.78 Å². The third kappa shape index (κ3) is 7.35.